The predicted octanol–water partition coefficient (Wildman–Crippen LogP) is 0.968. The number of aliphatic hydroxyl groups is 1. The Kier molecular flexibility index (Phi) is 3.64. The highest BCUT2D eigenvalue weighted by molar-refractivity contribution is 5.25. The summed E-state index contributed by atoms with van der Waals surface area (Å²) in [6, 6.07) is 0.202. The molecule has 0 aromatic carbocycles. The fourth-order valence-electron chi connectivity index (χ4n) is 0.953. The molecule has 1 heterocycles. The summed E-state index contributed by atoms with van der Waals surface area (Å²) >= 11 is 0. The minimum absolute atomic E-state index is 0.181. The number of aryl methyl sites for hydroxylation is 1. The Morgan fingerprint density at radius 2 is 2.08 bits per heavy atom. The highest BCUT2D eigenvalue weighted by Gasteiger charge is 2.01. The first kappa shape index (κ1) is 9.92. The number of nitrogens with one attached hydrogen (secondary N) is 1. The lowest BCUT2D eigenvalue weighted by Gasteiger charge is -2.11. The molecule has 0 bridgehead atoms. The van der Waals surface area contributed by atoms with Crippen LogP contribution in [0.1, 0.15) is 18.9 Å². The Morgan fingerprint density at radius 3 is 2.62 bits per heavy atom. The topological polar surface area (TPSA) is 58.0 Å². The summed E-state index contributed by atoms with van der Waals surface area (Å²) in [5, 5.41) is 11.8. The third kappa shape index (κ3) is 3.38. The van der Waals surface area contributed by atoms with Crippen LogP contribution in [0.3, 0.4) is 0 Å². The average Bonchev–Trinajstić information content (AvgIpc) is 2.09. The van der Waals surface area contributed by atoms with Gasteiger partial charge in [0.1, 0.15) is 0 Å². The Hall–Kier alpha value is -1.16. The van der Waals surface area contributed by atoms with E-state index < -0.39 is 0 Å². The van der Waals surface area contributed by atoms with Crippen LogP contribution < -0.4 is 5.32 Å². The van der Waals surface area contributed by atoms with Crippen molar-refractivity contribution < 1.29 is 5.11 Å². The first-order valence-corrected chi connectivity index (χ1v) is 4.38. The smallest absolute Gasteiger partial charge is 0.222 e. The fraction of sp³-hybridized carbons (Fsp3) is 0.556. The van der Waals surface area contributed by atoms with Gasteiger partial charge in [-0.3, -0.25) is 0 Å². The van der Waals surface area contributed by atoms with Crippen molar-refractivity contribution in [3.8, 4) is 0 Å². The predicted molar refractivity (Wildman–Crippen MR) is 51.6 cm³/mol. The van der Waals surface area contributed by atoms with E-state index in [0.717, 1.165) is 5.56 Å². The number of hydrogen-bond acceptors (Lipinski definition) is 4. The van der Waals surface area contributed by atoms with Gasteiger partial charge in [-0.05, 0) is 25.8 Å². The second kappa shape index (κ2) is 4.77. The molecule has 0 aliphatic rings. The van der Waals surface area contributed by atoms with Gasteiger partial charge < -0.3 is 10.4 Å². The molecule has 4 heteroatoms. The summed E-state index contributed by atoms with van der Waals surface area (Å²) in [5.74, 6) is 0.617. The van der Waals surface area contributed by atoms with Gasteiger partial charge in [-0.1, -0.05) is 0 Å². The summed E-state index contributed by atoms with van der Waals surface area (Å²) in [7, 11) is 0. The summed E-state index contributed by atoms with van der Waals surface area (Å²) in [6.45, 7) is 4.11. The highest BCUT2D eigenvalue weighted by atomic mass is 16.3. The lowest BCUT2D eigenvalue weighted by molar-refractivity contribution is 0.282. The zero-order valence-electron chi connectivity index (χ0n) is 7.99. The lowest BCUT2D eigenvalue weighted by Crippen LogP contribution is -2.18. The average molecular weight is 181 g/mol. The molecule has 1 aromatic rings. The number of rotatable bonds is 4. The van der Waals surface area contributed by atoms with Crippen molar-refractivity contribution >= 4 is 5.95 Å². The standard InChI is InChI=1S/C9H15N3O/c1-7-5-10-9(11-6-7)12-8(2)3-4-13/h5-6,8,13H,3-4H2,1-2H3,(H,10,11,12). The zero-order valence-corrected chi connectivity index (χ0v) is 7.99. The maximum atomic E-state index is 8.68. The minimum atomic E-state index is 0.181. The Morgan fingerprint density at radius 1 is 1.46 bits per heavy atom. The van der Waals surface area contributed by atoms with Crippen LogP contribution in [0.2, 0.25) is 0 Å². The molecule has 1 unspecified atom stereocenters. The number of aromatic nitrogens is 2. The van der Waals surface area contributed by atoms with Gasteiger partial charge in [-0.2, -0.15) is 0 Å². The van der Waals surface area contributed by atoms with E-state index >= 15 is 0 Å². The molecule has 0 saturated carbocycles. The van der Waals surface area contributed by atoms with Gasteiger partial charge in [0, 0.05) is 25.0 Å². The Bertz CT molecular complexity index is 248. The molecule has 2 N–H and O–H groups in total. The third-order valence-electron chi connectivity index (χ3n) is 1.72. The van der Waals surface area contributed by atoms with Crippen LogP contribution in [0.5, 0.6) is 0 Å². The first-order chi connectivity index (χ1) is 6.22. The van der Waals surface area contributed by atoms with E-state index in [-0.39, 0.29) is 12.6 Å². The largest absolute Gasteiger partial charge is 0.396 e. The maximum absolute atomic E-state index is 8.68. The van der Waals surface area contributed by atoms with E-state index in [1.807, 2.05) is 13.8 Å². The first-order valence-electron chi connectivity index (χ1n) is 4.38. The molecule has 1 aromatic heterocycles. The fourth-order valence-corrected chi connectivity index (χ4v) is 0.953. The van der Waals surface area contributed by atoms with Gasteiger partial charge in [-0.25, -0.2) is 9.97 Å². The molecule has 0 aliphatic carbocycles. The van der Waals surface area contributed by atoms with E-state index in [4.69, 9.17) is 5.11 Å². The minimum Gasteiger partial charge on any atom is -0.396 e. The van der Waals surface area contributed by atoms with Gasteiger partial charge >= 0.3 is 0 Å². The van der Waals surface area contributed by atoms with Crippen molar-refractivity contribution in [3.63, 3.8) is 0 Å². The molecule has 0 saturated heterocycles. The van der Waals surface area contributed by atoms with Crippen LogP contribution in [-0.4, -0.2) is 27.7 Å². The van der Waals surface area contributed by atoms with Crippen LogP contribution in [0.4, 0.5) is 5.95 Å². The Labute approximate surface area is 78.0 Å². The summed E-state index contributed by atoms with van der Waals surface area (Å²) in [5.41, 5.74) is 1.04. The molecular formula is C9H15N3O. The van der Waals surface area contributed by atoms with Gasteiger partial charge in [0.2, 0.25) is 5.95 Å². The Balaban J connectivity index is 2.49. The van der Waals surface area contributed by atoms with Crippen molar-refractivity contribution in [1.82, 2.24) is 9.97 Å². The van der Waals surface area contributed by atoms with Crippen LogP contribution in [0.25, 0.3) is 0 Å². The van der Waals surface area contributed by atoms with Crippen LogP contribution in [0.15, 0.2) is 12.4 Å². The second-order valence-electron chi connectivity index (χ2n) is 3.14. The van der Waals surface area contributed by atoms with E-state index in [1.54, 1.807) is 12.4 Å². The quantitative estimate of drug-likeness (QED) is 0.726. The molecule has 13 heavy (non-hydrogen) atoms. The molecule has 1 rings (SSSR count). The molecule has 0 radical (unpaired) electrons. The molecule has 0 amide bonds. The van der Waals surface area contributed by atoms with Crippen molar-refractivity contribution in [3.05, 3.63) is 18.0 Å². The van der Waals surface area contributed by atoms with Gasteiger partial charge in [0.05, 0.1) is 0 Å². The van der Waals surface area contributed by atoms with Crippen molar-refractivity contribution in [1.29, 1.82) is 0 Å². The summed E-state index contributed by atoms with van der Waals surface area (Å²) < 4.78 is 0. The van der Waals surface area contributed by atoms with Gasteiger partial charge in [-0.15, -0.1) is 0 Å². The van der Waals surface area contributed by atoms with E-state index in [9.17, 15) is 0 Å². The molecule has 0 spiro atoms. The number of nitrogens with zero attached hydrogens (tertiary/aromatic N) is 2. The SMILES string of the molecule is Cc1cnc(NC(C)CCO)nc1. The number of anilines is 1. The number of hydrogen-bond donors (Lipinski definition) is 2. The normalized spacial score (nSPS) is 12.5. The van der Waals surface area contributed by atoms with E-state index in [0.29, 0.717) is 12.4 Å². The summed E-state index contributed by atoms with van der Waals surface area (Å²) in [6.07, 6.45) is 4.24. The van der Waals surface area contributed by atoms with E-state index in [1.165, 1.54) is 0 Å². The molecule has 1 atom stereocenters. The lowest BCUT2D eigenvalue weighted by atomic mass is 10.2. The monoisotopic (exact) mass is 181 g/mol. The van der Waals surface area contributed by atoms with Crippen LogP contribution >= 0.6 is 0 Å². The summed E-state index contributed by atoms with van der Waals surface area (Å²) in [4.78, 5) is 8.19. The van der Waals surface area contributed by atoms with Crippen LogP contribution in [0, 0.1) is 6.92 Å². The van der Waals surface area contributed by atoms with Gasteiger partial charge in [0.25, 0.3) is 0 Å². The van der Waals surface area contributed by atoms with Crippen molar-refractivity contribution in [2.45, 2.75) is 26.3 Å². The molecule has 4 nitrogen and oxygen atoms in total. The highest BCUT2D eigenvalue weighted by Crippen LogP contribution is 2.02. The van der Waals surface area contributed by atoms with Crippen LogP contribution in [-0.2, 0) is 0 Å². The molecular weight excluding hydrogens is 166 g/mol. The van der Waals surface area contributed by atoms with Crippen molar-refractivity contribution in [2.24, 2.45) is 0 Å². The zero-order chi connectivity index (χ0) is 9.68. The van der Waals surface area contributed by atoms with Gasteiger partial charge in [0.15, 0.2) is 0 Å². The third-order valence-corrected chi connectivity index (χ3v) is 1.72. The molecule has 0 aliphatic heterocycles. The van der Waals surface area contributed by atoms with E-state index in [2.05, 4.69) is 15.3 Å². The maximum Gasteiger partial charge on any atom is 0.222 e. The molecule has 72 valence electrons. The van der Waals surface area contributed by atoms with Crippen molar-refractivity contribution in [2.75, 3.05) is 11.9 Å². The second-order valence-corrected chi connectivity index (χ2v) is 3.14. The number of aliphatic hydroxyl groups excluding tert-OH is 1. The molecule has 0 fully saturated rings.